The normalized spacial score (nSPS) is 25.1. The maximum Gasteiger partial charge on any atom is 0.123 e. The Morgan fingerprint density at radius 1 is 1.24 bits per heavy atom. The average Bonchev–Trinajstić information content (AvgIpc) is 2.48. The van der Waals surface area contributed by atoms with Gasteiger partial charge in [-0.05, 0) is 56.3 Å². The molecule has 1 spiro atoms. The van der Waals surface area contributed by atoms with Crippen LogP contribution in [0.15, 0.2) is 24.3 Å². The molecule has 3 rings (SSSR count). The van der Waals surface area contributed by atoms with Crippen molar-refractivity contribution in [3.05, 3.63) is 35.6 Å². The van der Waals surface area contributed by atoms with Crippen LogP contribution >= 0.6 is 0 Å². The van der Waals surface area contributed by atoms with E-state index in [9.17, 15) is 4.39 Å². The Morgan fingerprint density at radius 3 is 2.90 bits per heavy atom. The monoisotopic (exact) mass is 291 g/mol. The summed E-state index contributed by atoms with van der Waals surface area (Å²) in [6.45, 7) is 1.81. The Balaban J connectivity index is 1.46. The third-order valence-electron chi connectivity index (χ3n) is 4.99. The molecule has 1 atom stereocenters. The van der Waals surface area contributed by atoms with Crippen LogP contribution in [0.2, 0.25) is 0 Å². The van der Waals surface area contributed by atoms with Crippen molar-refractivity contribution in [2.45, 2.75) is 63.0 Å². The lowest BCUT2D eigenvalue weighted by Crippen LogP contribution is -2.48. The zero-order valence-electron chi connectivity index (χ0n) is 12.7. The first-order valence-electron chi connectivity index (χ1n) is 8.38. The van der Waals surface area contributed by atoms with Crippen molar-refractivity contribution in [2.24, 2.45) is 0 Å². The van der Waals surface area contributed by atoms with E-state index in [-0.39, 0.29) is 11.4 Å². The molecule has 2 aliphatic rings. The summed E-state index contributed by atoms with van der Waals surface area (Å²) in [5.41, 5.74) is 1.23. The number of nitrogens with one attached hydrogen (secondary N) is 1. The highest BCUT2D eigenvalue weighted by atomic mass is 19.1. The lowest BCUT2D eigenvalue weighted by molar-refractivity contribution is -0.109. The fourth-order valence-electron chi connectivity index (χ4n) is 3.86. The number of rotatable bonds is 4. The summed E-state index contributed by atoms with van der Waals surface area (Å²) in [5, 5.41) is 3.66. The van der Waals surface area contributed by atoms with Gasteiger partial charge in [0.25, 0.3) is 0 Å². The average molecular weight is 291 g/mol. The van der Waals surface area contributed by atoms with E-state index in [1.807, 2.05) is 6.07 Å². The van der Waals surface area contributed by atoms with Crippen LogP contribution in [0.5, 0.6) is 0 Å². The first kappa shape index (κ1) is 15.0. The Labute approximate surface area is 127 Å². The summed E-state index contributed by atoms with van der Waals surface area (Å²) in [5.74, 6) is -0.139. The third-order valence-corrected chi connectivity index (χ3v) is 4.99. The Kier molecular flexibility index (Phi) is 4.91. The largest absolute Gasteiger partial charge is 0.375 e. The molecule has 2 fully saturated rings. The molecule has 2 nitrogen and oxygen atoms in total. The van der Waals surface area contributed by atoms with Crippen molar-refractivity contribution in [1.29, 1.82) is 0 Å². The molecule has 1 saturated carbocycles. The fraction of sp³-hybridized carbons (Fsp3) is 0.667. The predicted octanol–water partition coefficient (Wildman–Crippen LogP) is 3.84. The molecule has 0 amide bonds. The predicted molar refractivity (Wildman–Crippen MR) is 82.9 cm³/mol. The summed E-state index contributed by atoms with van der Waals surface area (Å²) < 4.78 is 19.3. The van der Waals surface area contributed by atoms with Gasteiger partial charge in [0.05, 0.1) is 5.60 Å². The van der Waals surface area contributed by atoms with E-state index in [2.05, 4.69) is 5.32 Å². The molecule has 1 heterocycles. The van der Waals surface area contributed by atoms with Crippen molar-refractivity contribution in [2.75, 3.05) is 13.2 Å². The number of hydrogen-bond donors (Lipinski definition) is 1. The maximum atomic E-state index is 13.2. The molecule has 3 heteroatoms. The van der Waals surface area contributed by atoms with E-state index >= 15 is 0 Å². The van der Waals surface area contributed by atoms with Crippen LogP contribution in [0.4, 0.5) is 4.39 Å². The number of halogens is 1. The standard InChI is InChI=1S/C18H26FNO/c19-16-6-4-5-15(13-16)7-11-20-17-8-12-21-18(14-17)9-2-1-3-10-18/h4-6,13,17,20H,1-3,7-12,14H2. The van der Waals surface area contributed by atoms with Gasteiger partial charge in [-0.25, -0.2) is 4.39 Å². The zero-order valence-corrected chi connectivity index (χ0v) is 12.7. The molecule has 21 heavy (non-hydrogen) atoms. The van der Waals surface area contributed by atoms with Crippen LogP contribution in [0, 0.1) is 5.82 Å². The minimum atomic E-state index is -0.139. The van der Waals surface area contributed by atoms with Crippen molar-refractivity contribution < 1.29 is 9.13 Å². The molecule has 1 aromatic carbocycles. The molecule has 1 N–H and O–H groups in total. The highest BCUT2D eigenvalue weighted by Crippen LogP contribution is 2.38. The van der Waals surface area contributed by atoms with Crippen LogP contribution in [0.3, 0.4) is 0 Å². The van der Waals surface area contributed by atoms with Crippen LogP contribution in [-0.4, -0.2) is 24.8 Å². The SMILES string of the molecule is Fc1cccc(CCNC2CCOC3(CCCCC3)C2)c1. The lowest BCUT2D eigenvalue weighted by Gasteiger charge is -2.43. The third kappa shape index (κ3) is 4.04. The van der Waals surface area contributed by atoms with Gasteiger partial charge >= 0.3 is 0 Å². The van der Waals surface area contributed by atoms with Crippen molar-refractivity contribution in [3.8, 4) is 0 Å². The van der Waals surface area contributed by atoms with Crippen LogP contribution in [0.1, 0.15) is 50.5 Å². The van der Waals surface area contributed by atoms with Crippen LogP contribution in [0.25, 0.3) is 0 Å². The van der Waals surface area contributed by atoms with Gasteiger partial charge in [-0.1, -0.05) is 31.4 Å². The number of hydrogen-bond acceptors (Lipinski definition) is 2. The summed E-state index contributed by atoms with van der Waals surface area (Å²) in [7, 11) is 0. The molecule has 0 aromatic heterocycles. The van der Waals surface area contributed by atoms with E-state index < -0.39 is 0 Å². The number of benzene rings is 1. The summed E-state index contributed by atoms with van der Waals surface area (Å²) in [4.78, 5) is 0. The van der Waals surface area contributed by atoms with Gasteiger partial charge in [0.2, 0.25) is 0 Å². The molecule has 1 saturated heterocycles. The smallest absolute Gasteiger partial charge is 0.123 e. The van der Waals surface area contributed by atoms with Crippen molar-refractivity contribution >= 4 is 0 Å². The zero-order chi connectivity index (χ0) is 14.5. The fourth-order valence-corrected chi connectivity index (χ4v) is 3.86. The highest BCUT2D eigenvalue weighted by molar-refractivity contribution is 5.16. The second-order valence-corrected chi connectivity index (χ2v) is 6.62. The van der Waals surface area contributed by atoms with E-state index in [0.717, 1.165) is 38.0 Å². The first-order chi connectivity index (χ1) is 10.3. The van der Waals surface area contributed by atoms with Crippen molar-refractivity contribution in [3.63, 3.8) is 0 Å². The lowest BCUT2D eigenvalue weighted by atomic mass is 9.78. The minimum Gasteiger partial charge on any atom is -0.375 e. The quantitative estimate of drug-likeness (QED) is 0.910. The topological polar surface area (TPSA) is 21.3 Å². The second-order valence-electron chi connectivity index (χ2n) is 6.62. The molecule has 0 bridgehead atoms. The number of ether oxygens (including phenoxy) is 1. The molecule has 116 valence electrons. The molecule has 1 unspecified atom stereocenters. The van der Waals surface area contributed by atoms with Gasteiger partial charge in [0.15, 0.2) is 0 Å². The first-order valence-corrected chi connectivity index (χ1v) is 8.38. The maximum absolute atomic E-state index is 13.2. The minimum absolute atomic E-state index is 0.139. The summed E-state index contributed by atoms with van der Waals surface area (Å²) in [6, 6.07) is 7.48. The molecule has 0 radical (unpaired) electrons. The van der Waals surface area contributed by atoms with E-state index in [1.165, 1.54) is 38.2 Å². The summed E-state index contributed by atoms with van der Waals surface area (Å²) in [6.07, 6.45) is 9.60. The van der Waals surface area contributed by atoms with Gasteiger partial charge in [-0.3, -0.25) is 0 Å². The van der Waals surface area contributed by atoms with E-state index in [0.29, 0.717) is 6.04 Å². The van der Waals surface area contributed by atoms with Gasteiger partial charge < -0.3 is 10.1 Å². The Morgan fingerprint density at radius 2 is 2.10 bits per heavy atom. The second kappa shape index (κ2) is 6.89. The van der Waals surface area contributed by atoms with Gasteiger partial charge in [0, 0.05) is 12.6 Å². The van der Waals surface area contributed by atoms with Crippen LogP contribution in [-0.2, 0) is 11.2 Å². The van der Waals surface area contributed by atoms with Crippen LogP contribution < -0.4 is 5.32 Å². The summed E-state index contributed by atoms with van der Waals surface area (Å²) >= 11 is 0. The molecular formula is C18H26FNO. The Hall–Kier alpha value is -0.930. The molecular weight excluding hydrogens is 265 g/mol. The molecule has 1 aliphatic carbocycles. The van der Waals surface area contributed by atoms with Crippen molar-refractivity contribution in [1.82, 2.24) is 5.32 Å². The molecule has 1 aliphatic heterocycles. The van der Waals surface area contributed by atoms with Gasteiger partial charge in [-0.15, -0.1) is 0 Å². The van der Waals surface area contributed by atoms with Gasteiger partial charge in [0.1, 0.15) is 5.82 Å². The van der Waals surface area contributed by atoms with Gasteiger partial charge in [-0.2, -0.15) is 0 Å². The highest BCUT2D eigenvalue weighted by Gasteiger charge is 2.38. The van der Waals surface area contributed by atoms with E-state index in [4.69, 9.17) is 4.74 Å². The Bertz CT molecular complexity index is 451. The molecule has 1 aromatic rings. The van der Waals surface area contributed by atoms with E-state index in [1.54, 1.807) is 12.1 Å².